The number of aryl methyl sites for hydroxylation is 1. The van der Waals surface area contributed by atoms with E-state index in [4.69, 9.17) is 5.11 Å². The molecule has 0 bridgehead atoms. The van der Waals surface area contributed by atoms with Crippen LogP contribution in [0.15, 0.2) is 18.2 Å². The molecule has 148 valence electrons. The monoisotopic (exact) mass is 384 g/mol. The van der Waals surface area contributed by atoms with Gasteiger partial charge in [-0.3, -0.25) is 4.79 Å². The summed E-state index contributed by atoms with van der Waals surface area (Å²) in [6, 6.07) is 5.23. The quantitative estimate of drug-likeness (QED) is 0.835. The molecule has 2 N–H and O–H groups in total. The molecular formula is C19H23F3N2O3. The first kappa shape index (κ1) is 19.5. The third-order valence-electron chi connectivity index (χ3n) is 5.56. The highest BCUT2D eigenvalue weighted by Gasteiger charge is 2.53. The Bertz CT molecular complexity index is 748. The Kier molecular flexibility index (Phi) is 5.10. The van der Waals surface area contributed by atoms with Crippen LogP contribution in [0.25, 0.3) is 0 Å². The molecule has 1 unspecified atom stereocenters. The van der Waals surface area contributed by atoms with Gasteiger partial charge >= 0.3 is 18.2 Å². The highest BCUT2D eigenvalue weighted by atomic mass is 19.4. The number of likely N-dealkylation sites (tertiary alicyclic amines) is 1. The number of nitrogens with zero attached hydrogens (tertiary/aromatic N) is 1. The number of nitrogens with one attached hydrogen (secondary N) is 1. The lowest BCUT2D eigenvalue weighted by atomic mass is 9.96. The van der Waals surface area contributed by atoms with Crippen LogP contribution in [0.3, 0.4) is 0 Å². The second-order valence-corrected chi connectivity index (χ2v) is 7.65. The molecule has 3 rings (SSSR count). The van der Waals surface area contributed by atoms with Gasteiger partial charge in [0.15, 0.2) is 0 Å². The fraction of sp³-hybridized carbons (Fsp3) is 0.579. The molecule has 1 saturated heterocycles. The maximum absolute atomic E-state index is 13.1. The maximum atomic E-state index is 13.1. The van der Waals surface area contributed by atoms with Crippen molar-refractivity contribution in [3.8, 4) is 0 Å². The zero-order chi connectivity index (χ0) is 19.9. The molecular weight excluding hydrogens is 361 g/mol. The van der Waals surface area contributed by atoms with E-state index in [1.165, 1.54) is 0 Å². The zero-order valence-corrected chi connectivity index (χ0v) is 15.2. The summed E-state index contributed by atoms with van der Waals surface area (Å²) in [5.74, 6) is -4.86. The Hall–Kier alpha value is -2.25. The molecule has 0 spiro atoms. The van der Waals surface area contributed by atoms with E-state index in [1.807, 2.05) is 12.1 Å². The molecule has 2 amide bonds. The van der Waals surface area contributed by atoms with E-state index in [0.29, 0.717) is 12.3 Å². The van der Waals surface area contributed by atoms with E-state index in [-0.39, 0.29) is 6.04 Å². The molecule has 8 heteroatoms. The second kappa shape index (κ2) is 7.05. The van der Waals surface area contributed by atoms with E-state index in [0.717, 1.165) is 28.0 Å². The molecule has 1 aromatic rings. The van der Waals surface area contributed by atoms with Crippen molar-refractivity contribution < 1.29 is 27.9 Å². The number of carboxylic acids is 1. The number of halogens is 3. The summed E-state index contributed by atoms with van der Waals surface area (Å²) >= 11 is 0. The minimum atomic E-state index is -4.65. The van der Waals surface area contributed by atoms with Gasteiger partial charge in [-0.05, 0) is 35.4 Å². The Labute approximate surface area is 155 Å². The number of amides is 2. The van der Waals surface area contributed by atoms with E-state index >= 15 is 0 Å². The van der Waals surface area contributed by atoms with Crippen molar-refractivity contribution >= 4 is 12.0 Å². The van der Waals surface area contributed by atoms with Gasteiger partial charge in [-0.2, -0.15) is 13.2 Å². The Balaban J connectivity index is 1.72. The predicted molar refractivity (Wildman–Crippen MR) is 92.4 cm³/mol. The van der Waals surface area contributed by atoms with Crippen LogP contribution in [0.1, 0.15) is 48.9 Å². The van der Waals surface area contributed by atoms with E-state index in [2.05, 4.69) is 25.2 Å². The average Bonchev–Trinajstić information content (AvgIpc) is 3.18. The highest BCUT2D eigenvalue weighted by molar-refractivity contribution is 5.78. The van der Waals surface area contributed by atoms with Crippen molar-refractivity contribution in [2.75, 3.05) is 13.1 Å². The Morgan fingerprint density at radius 2 is 1.96 bits per heavy atom. The lowest BCUT2D eigenvalue weighted by Gasteiger charge is -2.22. The van der Waals surface area contributed by atoms with Gasteiger partial charge < -0.3 is 15.3 Å². The largest absolute Gasteiger partial charge is 0.481 e. The fourth-order valence-electron chi connectivity index (χ4n) is 3.92. The fourth-order valence-corrected chi connectivity index (χ4v) is 3.92. The number of hydrogen-bond acceptors (Lipinski definition) is 2. The average molecular weight is 384 g/mol. The summed E-state index contributed by atoms with van der Waals surface area (Å²) in [7, 11) is 0. The molecule has 0 saturated carbocycles. The summed E-state index contributed by atoms with van der Waals surface area (Å²) in [5.41, 5.74) is 3.26. The summed E-state index contributed by atoms with van der Waals surface area (Å²) in [4.78, 5) is 24.7. The first-order valence-corrected chi connectivity index (χ1v) is 9.05. The van der Waals surface area contributed by atoms with Gasteiger partial charge in [0.1, 0.15) is 0 Å². The highest BCUT2D eigenvalue weighted by Crippen LogP contribution is 2.38. The molecule has 27 heavy (non-hydrogen) atoms. The van der Waals surface area contributed by atoms with Crippen LogP contribution in [0.5, 0.6) is 0 Å². The smallest absolute Gasteiger partial charge is 0.394 e. The molecule has 1 aliphatic carbocycles. The number of rotatable bonds is 3. The number of urea groups is 1. The number of fused-ring (bicyclic) bond motifs is 1. The van der Waals surface area contributed by atoms with Gasteiger partial charge in [0.2, 0.25) is 0 Å². The molecule has 3 atom stereocenters. The molecule has 0 radical (unpaired) electrons. The van der Waals surface area contributed by atoms with Gasteiger partial charge in [-0.25, -0.2) is 4.79 Å². The summed E-state index contributed by atoms with van der Waals surface area (Å²) in [5, 5.41) is 11.9. The van der Waals surface area contributed by atoms with Crippen molar-refractivity contribution in [1.82, 2.24) is 10.2 Å². The summed E-state index contributed by atoms with van der Waals surface area (Å²) < 4.78 is 39.3. The minimum Gasteiger partial charge on any atom is -0.481 e. The van der Waals surface area contributed by atoms with E-state index in [9.17, 15) is 22.8 Å². The molecule has 1 aliphatic heterocycles. The molecule has 1 heterocycles. The normalized spacial score (nSPS) is 25.0. The lowest BCUT2D eigenvalue weighted by molar-refractivity contribution is -0.187. The first-order chi connectivity index (χ1) is 12.6. The van der Waals surface area contributed by atoms with Crippen LogP contribution in [0.2, 0.25) is 0 Å². The number of carboxylic acid groups (broad SMARTS) is 1. The van der Waals surface area contributed by atoms with Crippen LogP contribution in [0.4, 0.5) is 18.0 Å². The Morgan fingerprint density at radius 3 is 2.52 bits per heavy atom. The number of hydrogen-bond donors (Lipinski definition) is 2. The van der Waals surface area contributed by atoms with E-state index < -0.39 is 43.1 Å². The van der Waals surface area contributed by atoms with Crippen molar-refractivity contribution in [2.45, 2.75) is 44.8 Å². The summed E-state index contributed by atoms with van der Waals surface area (Å²) in [6.07, 6.45) is -3.17. The number of benzene rings is 1. The molecule has 0 aromatic heterocycles. The third-order valence-corrected chi connectivity index (χ3v) is 5.56. The van der Waals surface area contributed by atoms with Crippen LogP contribution >= 0.6 is 0 Å². The molecule has 2 aliphatic rings. The lowest BCUT2D eigenvalue weighted by Crippen LogP contribution is -2.40. The predicted octanol–water partition coefficient (Wildman–Crippen LogP) is 3.70. The number of aliphatic carboxylic acids is 1. The first-order valence-electron chi connectivity index (χ1n) is 9.05. The van der Waals surface area contributed by atoms with Crippen molar-refractivity contribution in [2.24, 2.45) is 11.8 Å². The SMILES string of the molecule is CC(C)c1ccc2c(c1)C(NC(=O)N1C[C@@H](C(F)(F)F)[C@H](C(=O)O)C1)CC2. The maximum Gasteiger partial charge on any atom is 0.394 e. The van der Waals surface area contributed by atoms with Gasteiger partial charge in [-0.15, -0.1) is 0 Å². The summed E-state index contributed by atoms with van der Waals surface area (Å²) in [6.45, 7) is 3.07. The molecule has 1 fully saturated rings. The minimum absolute atomic E-state index is 0.264. The van der Waals surface area contributed by atoms with Crippen molar-refractivity contribution in [1.29, 1.82) is 0 Å². The number of carbonyl (C=O) groups excluding carboxylic acids is 1. The third kappa shape index (κ3) is 3.89. The van der Waals surface area contributed by atoms with Crippen LogP contribution in [-0.2, 0) is 11.2 Å². The van der Waals surface area contributed by atoms with Crippen LogP contribution < -0.4 is 5.32 Å². The number of alkyl halides is 3. The topological polar surface area (TPSA) is 69.6 Å². The molecule has 5 nitrogen and oxygen atoms in total. The van der Waals surface area contributed by atoms with Crippen LogP contribution in [0, 0.1) is 11.8 Å². The number of carbonyl (C=O) groups is 2. The second-order valence-electron chi connectivity index (χ2n) is 7.65. The Morgan fingerprint density at radius 1 is 1.26 bits per heavy atom. The standard InChI is InChI=1S/C19H23F3N2O3/c1-10(2)12-4-3-11-5-6-16(13(11)7-12)23-18(27)24-8-14(17(25)26)15(9-24)19(20,21)22/h3-4,7,10,14-16H,5-6,8-9H2,1-2H3,(H,23,27)(H,25,26)/t14-,15-,16?/m1/s1. The van der Waals surface area contributed by atoms with Gasteiger partial charge in [0.05, 0.1) is 17.9 Å². The van der Waals surface area contributed by atoms with Crippen LogP contribution in [-0.4, -0.2) is 41.3 Å². The molecule has 1 aromatic carbocycles. The van der Waals surface area contributed by atoms with Gasteiger partial charge in [0, 0.05) is 13.1 Å². The van der Waals surface area contributed by atoms with E-state index in [1.54, 1.807) is 0 Å². The van der Waals surface area contributed by atoms with Crippen molar-refractivity contribution in [3.63, 3.8) is 0 Å². The zero-order valence-electron chi connectivity index (χ0n) is 15.2. The van der Waals surface area contributed by atoms with Crippen molar-refractivity contribution in [3.05, 3.63) is 34.9 Å². The van der Waals surface area contributed by atoms with Gasteiger partial charge in [-0.1, -0.05) is 32.0 Å². The van der Waals surface area contributed by atoms with Gasteiger partial charge in [0.25, 0.3) is 0 Å².